The molecule has 2 amide bonds. The summed E-state index contributed by atoms with van der Waals surface area (Å²) in [5.41, 5.74) is 9.15. The van der Waals surface area contributed by atoms with E-state index >= 15 is 0 Å². The second-order valence-electron chi connectivity index (χ2n) is 8.29. The van der Waals surface area contributed by atoms with Gasteiger partial charge in [-0.25, -0.2) is 0 Å². The summed E-state index contributed by atoms with van der Waals surface area (Å²) in [6.07, 6.45) is 1.01. The molecule has 0 heterocycles. The fraction of sp³-hybridized carbons (Fsp3) is 0.259. The van der Waals surface area contributed by atoms with Gasteiger partial charge in [-0.1, -0.05) is 98.8 Å². The molecular weight excluding hydrogens is 384 g/mol. The first-order valence-electron chi connectivity index (χ1n) is 10.7. The third kappa shape index (κ3) is 6.05. The molecule has 0 fully saturated rings. The Morgan fingerprint density at radius 1 is 0.645 bits per heavy atom. The minimum Gasteiger partial charge on any atom is -0.273 e. The van der Waals surface area contributed by atoms with Crippen LogP contribution in [0.1, 0.15) is 54.9 Å². The molecule has 160 valence electrons. The van der Waals surface area contributed by atoms with Gasteiger partial charge in [-0.3, -0.25) is 20.4 Å². The van der Waals surface area contributed by atoms with E-state index in [9.17, 15) is 9.59 Å². The lowest BCUT2D eigenvalue weighted by atomic mass is 9.91. The molecule has 0 aromatic heterocycles. The predicted molar refractivity (Wildman–Crippen MR) is 124 cm³/mol. The average Bonchev–Trinajstić information content (AvgIpc) is 2.79. The molecule has 0 spiro atoms. The van der Waals surface area contributed by atoms with Crippen LogP contribution in [0.4, 0.5) is 0 Å². The molecular formula is C27H30N2O2. The number of carbonyl (C=O) groups is 2. The Morgan fingerprint density at radius 2 is 1.13 bits per heavy atom. The van der Waals surface area contributed by atoms with E-state index in [0.29, 0.717) is 5.92 Å². The number of nitrogens with one attached hydrogen (secondary N) is 2. The second kappa shape index (κ2) is 10.6. The SMILES string of the molecule is CC(C)Cc1ccc(C(C)C(=O)NNC(=O)C(c2ccccc2)c2ccccc2)cc1. The summed E-state index contributed by atoms with van der Waals surface area (Å²) in [5, 5.41) is 0. The fourth-order valence-electron chi connectivity index (χ4n) is 3.65. The molecule has 1 unspecified atom stereocenters. The Bertz CT molecular complexity index is 943. The zero-order valence-corrected chi connectivity index (χ0v) is 18.3. The van der Waals surface area contributed by atoms with Gasteiger partial charge in [0.2, 0.25) is 11.8 Å². The largest absolute Gasteiger partial charge is 0.273 e. The fourth-order valence-corrected chi connectivity index (χ4v) is 3.65. The van der Waals surface area contributed by atoms with Crippen LogP contribution in [0.25, 0.3) is 0 Å². The molecule has 3 aromatic carbocycles. The number of rotatable bonds is 7. The normalized spacial score (nSPS) is 11.9. The Kier molecular flexibility index (Phi) is 7.60. The molecule has 0 aliphatic rings. The van der Waals surface area contributed by atoms with E-state index in [1.807, 2.05) is 79.7 Å². The molecule has 3 aromatic rings. The molecule has 0 saturated carbocycles. The summed E-state index contributed by atoms with van der Waals surface area (Å²) in [6, 6.07) is 27.2. The van der Waals surface area contributed by atoms with Crippen molar-refractivity contribution in [1.29, 1.82) is 0 Å². The minimum absolute atomic E-state index is 0.246. The van der Waals surface area contributed by atoms with Crippen molar-refractivity contribution in [1.82, 2.24) is 10.9 Å². The van der Waals surface area contributed by atoms with Crippen molar-refractivity contribution < 1.29 is 9.59 Å². The van der Waals surface area contributed by atoms with Crippen LogP contribution in [0, 0.1) is 5.92 Å². The van der Waals surface area contributed by atoms with Crippen LogP contribution < -0.4 is 10.9 Å². The lowest BCUT2D eigenvalue weighted by Crippen LogP contribution is -2.45. The van der Waals surface area contributed by atoms with Gasteiger partial charge in [-0.05, 0) is 41.5 Å². The van der Waals surface area contributed by atoms with Crippen molar-refractivity contribution in [2.24, 2.45) is 5.92 Å². The topological polar surface area (TPSA) is 58.2 Å². The molecule has 1 atom stereocenters. The van der Waals surface area contributed by atoms with E-state index in [1.165, 1.54) is 5.56 Å². The van der Waals surface area contributed by atoms with Crippen LogP contribution in [-0.4, -0.2) is 11.8 Å². The van der Waals surface area contributed by atoms with Gasteiger partial charge in [0.1, 0.15) is 0 Å². The summed E-state index contributed by atoms with van der Waals surface area (Å²) in [6.45, 7) is 6.21. The quantitative estimate of drug-likeness (QED) is 0.537. The number of hydrogen-bond acceptors (Lipinski definition) is 2. The highest BCUT2D eigenvalue weighted by molar-refractivity contribution is 5.90. The maximum absolute atomic E-state index is 13.0. The Hall–Kier alpha value is -3.40. The molecule has 4 heteroatoms. The maximum Gasteiger partial charge on any atom is 0.250 e. The van der Waals surface area contributed by atoms with Gasteiger partial charge in [0.15, 0.2) is 0 Å². The first-order valence-corrected chi connectivity index (χ1v) is 10.7. The predicted octanol–water partition coefficient (Wildman–Crippen LogP) is 4.97. The zero-order valence-electron chi connectivity index (χ0n) is 18.3. The summed E-state index contributed by atoms with van der Waals surface area (Å²) >= 11 is 0. The van der Waals surface area contributed by atoms with Gasteiger partial charge in [-0.2, -0.15) is 0 Å². The van der Waals surface area contributed by atoms with Crippen LogP contribution in [0.15, 0.2) is 84.9 Å². The molecule has 0 aliphatic carbocycles. The van der Waals surface area contributed by atoms with Gasteiger partial charge in [0, 0.05) is 0 Å². The highest BCUT2D eigenvalue weighted by atomic mass is 16.2. The van der Waals surface area contributed by atoms with Crippen LogP contribution in [0.3, 0.4) is 0 Å². The van der Waals surface area contributed by atoms with E-state index in [0.717, 1.165) is 23.1 Å². The van der Waals surface area contributed by atoms with E-state index in [2.05, 4.69) is 36.8 Å². The summed E-state index contributed by atoms with van der Waals surface area (Å²) < 4.78 is 0. The van der Waals surface area contributed by atoms with Crippen LogP contribution in [-0.2, 0) is 16.0 Å². The lowest BCUT2D eigenvalue weighted by molar-refractivity contribution is -0.129. The van der Waals surface area contributed by atoms with Crippen LogP contribution in [0.2, 0.25) is 0 Å². The van der Waals surface area contributed by atoms with Gasteiger partial charge >= 0.3 is 0 Å². The van der Waals surface area contributed by atoms with Gasteiger partial charge in [-0.15, -0.1) is 0 Å². The highest BCUT2D eigenvalue weighted by Gasteiger charge is 2.24. The van der Waals surface area contributed by atoms with Crippen LogP contribution >= 0.6 is 0 Å². The second-order valence-corrected chi connectivity index (χ2v) is 8.29. The van der Waals surface area contributed by atoms with E-state index in [4.69, 9.17) is 0 Å². The van der Waals surface area contributed by atoms with E-state index in [-0.39, 0.29) is 17.7 Å². The van der Waals surface area contributed by atoms with Crippen molar-refractivity contribution in [2.45, 2.75) is 39.0 Å². The molecule has 2 N–H and O–H groups in total. The monoisotopic (exact) mass is 414 g/mol. The number of hydrazine groups is 1. The molecule has 0 saturated heterocycles. The Morgan fingerprint density at radius 3 is 1.61 bits per heavy atom. The molecule has 4 nitrogen and oxygen atoms in total. The summed E-state index contributed by atoms with van der Waals surface area (Å²) in [4.78, 5) is 25.7. The number of hydrogen-bond donors (Lipinski definition) is 2. The van der Waals surface area contributed by atoms with E-state index < -0.39 is 5.92 Å². The molecule has 31 heavy (non-hydrogen) atoms. The minimum atomic E-state index is -0.506. The first-order chi connectivity index (χ1) is 15.0. The first kappa shape index (κ1) is 22.3. The summed E-state index contributed by atoms with van der Waals surface area (Å²) in [5.74, 6) is -0.812. The maximum atomic E-state index is 13.0. The highest BCUT2D eigenvalue weighted by Crippen LogP contribution is 2.24. The zero-order chi connectivity index (χ0) is 22.2. The van der Waals surface area contributed by atoms with Gasteiger partial charge < -0.3 is 0 Å². The van der Waals surface area contributed by atoms with Gasteiger partial charge in [0.25, 0.3) is 0 Å². The Balaban J connectivity index is 1.67. The number of benzene rings is 3. The summed E-state index contributed by atoms with van der Waals surface area (Å²) in [7, 11) is 0. The molecule has 3 rings (SSSR count). The molecule has 0 bridgehead atoms. The molecule has 0 aliphatic heterocycles. The smallest absolute Gasteiger partial charge is 0.250 e. The third-order valence-electron chi connectivity index (χ3n) is 5.35. The van der Waals surface area contributed by atoms with Crippen molar-refractivity contribution in [3.63, 3.8) is 0 Å². The number of amides is 2. The van der Waals surface area contributed by atoms with E-state index in [1.54, 1.807) is 0 Å². The third-order valence-corrected chi connectivity index (χ3v) is 5.35. The van der Waals surface area contributed by atoms with Gasteiger partial charge in [0.05, 0.1) is 11.8 Å². The van der Waals surface area contributed by atoms with Crippen molar-refractivity contribution in [2.75, 3.05) is 0 Å². The van der Waals surface area contributed by atoms with Crippen LogP contribution in [0.5, 0.6) is 0 Å². The van der Waals surface area contributed by atoms with Crippen molar-refractivity contribution >= 4 is 11.8 Å². The number of carbonyl (C=O) groups excluding carboxylic acids is 2. The average molecular weight is 415 g/mol. The standard InChI is InChI=1S/C27H30N2O2/c1-19(2)18-21-14-16-22(17-15-21)20(3)26(30)28-29-27(31)25(23-10-6-4-7-11-23)24-12-8-5-9-13-24/h4-17,19-20,25H,18H2,1-3H3,(H,28,30)(H,29,31). The van der Waals surface area contributed by atoms with Crippen molar-refractivity contribution in [3.8, 4) is 0 Å². The molecule has 0 radical (unpaired) electrons. The lowest BCUT2D eigenvalue weighted by Gasteiger charge is -2.19. The Labute approximate surface area is 184 Å². The van der Waals surface area contributed by atoms with Crippen molar-refractivity contribution in [3.05, 3.63) is 107 Å².